The molecule has 0 fully saturated rings. The van der Waals surface area contributed by atoms with Gasteiger partial charge in [-0.2, -0.15) is 0 Å². The van der Waals surface area contributed by atoms with Crippen LogP contribution >= 0.6 is 11.6 Å². The molecule has 0 atom stereocenters. The summed E-state index contributed by atoms with van der Waals surface area (Å²) in [6, 6.07) is 7.27. The number of methoxy groups -OCH3 is 1. The Labute approximate surface area is 152 Å². The maximum absolute atomic E-state index is 12.1. The molecule has 0 aliphatic heterocycles. The number of amides is 1. The van der Waals surface area contributed by atoms with Crippen molar-refractivity contribution in [3.8, 4) is 11.5 Å². The Bertz CT molecular complexity index is 755. The lowest BCUT2D eigenvalue weighted by atomic mass is 10.2. The number of nitrogens with one attached hydrogen (secondary N) is 2. The number of rotatable bonds is 7. The first kappa shape index (κ1) is 19.6. The smallest absolute Gasteiger partial charge is 0.495 e. The predicted octanol–water partition coefficient (Wildman–Crippen LogP) is 4.08. The molecule has 2 rings (SSSR count). The molecule has 0 unspecified atom stereocenters. The monoisotopic (exact) mass is 389 g/mol. The maximum atomic E-state index is 12.1. The van der Waals surface area contributed by atoms with E-state index in [4.69, 9.17) is 16.3 Å². The summed E-state index contributed by atoms with van der Waals surface area (Å²) < 4.78 is 45.0. The van der Waals surface area contributed by atoms with Crippen molar-refractivity contribution in [3.63, 3.8) is 0 Å². The van der Waals surface area contributed by atoms with Crippen molar-refractivity contribution in [1.82, 2.24) is 4.98 Å². The Kier molecular flexibility index (Phi) is 6.51. The maximum Gasteiger partial charge on any atom is 0.573 e. The van der Waals surface area contributed by atoms with E-state index in [0.29, 0.717) is 22.3 Å². The van der Waals surface area contributed by atoms with Gasteiger partial charge in [0.15, 0.2) is 0 Å². The number of halogens is 4. The van der Waals surface area contributed by atoms with E-state index in [-0.39, 0.29) is 18.9 Å². The van der Waals surface area contributed by atoms with E-state index in [1.165, 1.54) is 13.2 Å². The summed E-state index contributed by atoms with van der Waals surface area (Å²) in [4.78, 5) is 15.8. The molecule has 0 spiro atoms. The van der Waals surface area contributed by atoms with E-state index in [0.717, 1.165) is 12.3 Å². The molecule has 2 aromatic rings. The molecule has 1 aromatic carbocycles. The highest BCUT2D eigenvalue weighted by atomic mass is 35.5. The highest BCUT2D eigenvalue weighted by Crippen LogP contribution is 2.27. The average molecular weight is 390 g/mol. The minimum atomic E-state index is -4.77. The van der Waals surface area contributed by atoms with Crippen LogP contribution in [0.4, 0.5) is 24.7 Å². The van der Waals surface area contributed by atoms with E-state index in [1.54, 1.807) is 18.2 Å². The molecule has 26 heavy (non-hydrogen) atoms. The fourth-order valence-corrected chi connectivity index (χ4v) is 2.15. The van der Waals surface area contributed by atoms with Crippen LogP contribution in [-0.4, -0.2) is 30.9 Å². The van der Waals surface area contributed by atoms with Crippen LogP contribution in [0.15, 0.2) is 36.5 Å². The summed E-state index contributed by atoms with van der Waals surface area (Å²) in [5, 5.41) is 5.94. The van der Waals surface area contributed by atoms with Gasteiger partial charge in [-0.25, -0.2) is 4.98 Å². The van der Waals surface area contributed by atoms with Crippen molar-refractivity contribution in [2.24, 2.45) is 0 Å². The van der Waals surface area contributed by atoms with Gasteiger partial charge in [0.05, 0.1) is 19.0 Å². The van der Waals surface area contributed by atoms with Crippen molar-refractivity contribution in [1.29, 1.82) is 0 Å². The minimum absolute atomic E-state index is 0.0954. The van der Waals surface area contributed by atoms with Crippen LogP contribution in [0.2, 0.25) is 5.02 Å². The number of hydrogen-bond acceptors (Lipinski definition) is 5. The molecular formula is C16H15ClF3N3O3. The Morgan fingerprint density at radius 3 is 2.65 bits per heavy atom. The van der Waals surface area contributed by atoms with Crippen LogP contribution in [0.1, 0.15) is 6.42 Å². The van der Waals surface area contributed by atoms with Crippen molar-refractivity contribution >= 4 is 29.0 Å². The number of nitrogens with zero attached hydrogens (tertiary/aromatic N) is 1. The molecule has 1 aromatic heterocycles. The third-order valence-corrected chi connectivity index (χ3v) is 3.30. The fraction of sp³-hybridized carbons (Fsp3) is 0.250. The first-order valence-electron chi connectivity index (χ1n) is 7.36. The third kappa shape index (κ3) is 6.32. The number of hydrogen-bond donors (Lipinski definition) is 2. The summed E-state index contributed by atoms with van der Waals surface area (Å²) in [6.07, 6.45) is -3.74. The molecule has 1 heterocycles. The van der Waals surface area contributed by atoms with Gasteiger partial charge in [0.1, 0.15) is 17.3 Å². The van der Waals surface area contributed by atoms with E-state index < -0.39 is 12.1 Å². The number of pyridine rings is 1. The topological polar surface area (TPSA) is 72.5 Å². The normalized spacial score (nSPS) is 11.0. The zero-order valence-corrected chi connectivity index (χ0v) is 14.3. The first-order chi connectivity index (χ1) is 12.3. The molecule has 1 amide bonds. The van der Waals surface area contributed by atoms with Crippen molar-refractivity contribution in [2.75, 3.05) is 24.3 Å². The minimum Gasteiger partial charge on any atom is -0.495 e. The van der Waals surface area contributed by atoms with Gasteiger partial charge >= 0.3 is 6.36 Å². The number of ether oxygens (including phenoxy) is 2. The van der Waals surface area contributed by atoms with E-state index in [2.05, 4.69) is 20.4 Å². The summed E-state index contributed by atoms with van der Waals surface area (Å²) in [7, 11) is 1.47. The van der Waals surface area contributed by atoms with Crippen LogP contribution < -0.4 is 20.1 Å². The first-order valence-corrected chi connectivity index (χ1v) is 7.73. The van der Waals surface area contributed by atoms with Gasteiger partial charge in [-0.15, -0.1) is 13.2 Å². The highest BCUT2D eigenvalue weighted by Gasteiger charge is 2.31. The van der Waals surface area contributed by atoms with E-state index >= 15 is 0 Å². The predicted molar refractivity (Wildman–Crippen MR) is 90.7 cm³/mol. The van der Waals surface area contributed by atoms with Crippen LogP contribution in [0, 0.1) is 0 Å². The van der Waals surface area contributed by atoms with Gasteiger partial charge in [0.2, 0.25) is 5.91 Å². The number of carbonyl (C=O) groups excluding carboxylic acids is 1. The fourth-order valence-electron chi connectivity index (χ4n) is 1.97. The molecule has 0 radical (unpaired) electrons. The summed E-state index contributed by atoms with van der Waals surface area (Å²) >= 11 is 5.89. The second-order valence-electron chi connectivity index (χ2n) is 5.00. The summed E-state index contributed by atoms with van der Waals surface area (Å²) in [5.41, 5.74) is 0.441. The van der Waals surface area contributed by atoms with Crippen molar-refractivity contribution in [3.05, 3.63) is 41.6 Å². The molecule has 0 aliphatic rings. The van der Waals surface area contributed by atoms with E-state index in [1.807, 2.05) is 0 Å². The zero-order valence-electron chi connectivity index (χ0n) is 13.6. The zero-order chi connectivity index (χ0) is 19.2. The molecule has 6 nitrogen and oxygen atoms in total. The average Bonchev–Trinajstić information content (AvgIpc) is 2.55. The number of carbonyl (C=O) groups is 1. The largest absolute Gasteiger partial charge is 0.573 e. The van der Waals surface area contributed by atoms with Gasteiger partial charge in [0, 0.05) is 18.0 Å². The molecule has 0 saturated carbocycles. The van der Waals surface area contributed by atoms with Gasteiger partial charge in [-0.1, -0.05) is 11.6 Å². The summed E-state index contributed by atoms with van der Waals surface area (Å²) in [6.45, 7) is 0.223. The molecule has 0 aliphatic carbocycles. The van der Waals surface area contributed by atoms with Gasteiger partial charge in [0.25, 0.3) is 0 Å². The third-order valence-electron chi connectivity index (χ3n) is 3.06. The van der Waals surface area contributed by atoms with Crippen LogP contribution in [0.25, 0.3) is 0 Å². The number of aromatic nitrogens is 1. The Morgan fingerprint density at radius 1 is 1.27 bits per heavy atom. The second kappa shape index (κ2) is 8.61. The Morgan fingerprint density at radius 2 is 2.04 bits per heavy atom. The SMILES string of the molecule is COc1ccc(Cl)cc1NC(=O)CCNc1ccc(OC(F)(F)F)cn1. The van der Waals surface area contributed by atoms with Crippen LogP contribution in [0.3, 0.4) is 0 Å². The highest BCUT2D eigenvalue weighted by molar-refractivity contribution is 6.31. The Balaban J connectivity index is 1.82. The second-order valence-corrected chi connectivity index (χ2v) is 5.43. The number of anilines is 2. The molecule has 140 valence electrons. The molecule has 2 N–H and O–H groups in total. The molecule has 10 heteroatoms. The number of benzene rings is 1. The molecule has 0 bridgehead atoms. The lowest BCUT2D eigenvalue weighted by molar-refractivity contribution is -0.274. The van der Waals surface area contributed by atoms with Gasteiger partial charge in [-0.3, -0.25) is 4.79 Å². The Hall–Kier alpha value is -2.68. The summed E-state index contributed by atoms with van der Waals surface area (Å²) in [5.74, 6) is 0.0641. The van der Waals surface area contributed by atoms with Crippen LogP contribution in [-0.2, 0) is 4.79 Å². The van der Waals surface area contributed by atoms with Crippen molar-refractivity contribution in [2.45, 2.75) is 12.8 Å². The molecule has 0 saturated heterocycles. The quantitative estimate of drug-likeness (QED) is 0.746. The van der Waals surface area contributed by atoms with Crippen LogP contribution in [0.5, 0.6) is 11.5 Å². The lowest BCUT2D eigenvalue weighted by Crippen LogP contribution is -2.18. The standard InChI is InChI=1S/C16H15ClF3N3O3/c1-25-13-4-2-10(17)8-12(13)23-15(24)6-7-21-14-5-3-11(9-22-14)26-16(18,19)20/h2-5,8-9H,6-7H2,1H3,(H,21,22)(H,23,24). The number of alkyl halides is 3. The van der Waals surface area contributed by atoms with Gasteiger partial charge < -0.3 is 20.1 Å². The lowest BCUT2D eigenvalue weighted by Gasteiger charge is -2.11. The van der Waals surface area contributed by atoms with E-state index in [9.17, 15) is 18.0 Å². The van der Waals surface area contributed by atoms with Gasteiger partial charge in [-0.05, 0) is 30.3 Å². The molecular weight excluding hydrogens is 375 g/mol. The van der Waals surface area contributed by atoms with Crippen molar-refractivity contribution < 1.29 is 27.4 Å².